The van der Waals surface area contributed by atoms with Crippen LogP contribution < -0.4 is 10.3 Å². The second kappa shape index (κ2) is 5.81. The number of aryl methyl sites for hydroxylation is 1. The zero-order chi connectivity index (χ0) is 15.5. The van der Waals surface area contributed by atoms with Gasteiger partial charge in [0.2, 0.25) is 0 Å². The molecule has 110 valence electrons. The van der Waals surface area contributed by atoms with Crippen molar-refractivity contribution in [1.29, 1.82) is 0 Å². The molecule has 0 aliphatic carbocycles. The molecule has 0 atom stereocenters. The summed E-state index contributed by atoms with van der Waals surface area (Å²) < 4.78 is 18.5. The summed E-state index contributed by atoms with van der Waals surface area (Å²) in [4.78, 5) is 18.2. The van der Waals surface area contributed by atoms with Gasteiger partial charge in [0.05, 0.1) is 5.69 Å². The summed E-state index contributed by atoms with van der Waals surface area (Å²) in [6.07, 6.45) is 1.57. The summed E-state index contributed by atoms with van der Waals surface area (Å²) in [6.45, 7) is 1.66. The fourth-order valence-electron chi connectivity index (χ4n) is 1.98. The molecule has 5 heteroatoms. The number of benzene rings is 2. The first-order valence-corrected chi connectivity index (χ1v) is 6.72. The number of hydrogen-bond acceptors (Lipinski definition) is 3. The number of rotatable bonds is 3. The third-order valence-corrected chi connectivity index (χ3v) is 3.16. The number of ether oxygens (including phenoxy) is 1. The number of halogens is 1. The van der Waals surface area contributed by atoms with Crippen LogP contribution in [0.1, 0.15) is 5.69 Å². The third-order valence-electron chi connectivity index (χ3n) is 3.16. The average Bonchev–Trinajstić information content (AvgIpc) is 2.53. The van der Waals surface area contributed by atoms with Crippen LogP contribution in [-0.2, 0) is 0 Å². The quantitative estimate of drug-likeness (QED) is 0.802. The van der Waals surface area contributed by atoms with Crippen LogP contribution in [0.5, 0.6) is 11.5 Å². The third kappa shape index (κ3) is 3.03. The van der Waals surface area contributed by atoms with Gasteiger partial charge in [0.1, 0.15) is 23.0 Å². The van der Waals surface area contributed by atoms with Gasteiger partial charge in [-0.25, -0.2) is 9.37 Å². The molecule has 0 amide bonds. The Hall–Kier alpha value is -2.95. The van der Waals surface area contributed by atoms with Gasteiger partial charge in [-0.05, 0) is 55.5 Å². The van der Waals surface area contributed by atoms with Crippen LogP contribution in [0.25, 0.3) is 11.3 Å². The first kappa shape index (κ1) is 14.0. The number of nitrogens with zero attached hydrogens (tertiary/aromatic N) is 1. The second-order valence-corrected chi connectivity index (χ2v) is 4.78. The number of aromatic nitrogens is 2. The number of hydrogen-bond donors (Lipinski definition) is 1. The highest BCUT2D eigenvalue weighted by atomic mass is 19.1. The van der Waals surface area contributed by atoms with Crippen LogP contribution in [-0.4, -0.2) is 9.97 Å². The average molecular weight is 296 g/mol. The van der Waals surface area contributed by atoms with Crippen molar-refractivity contribution in [3.63, 3.8) is 0 Å². The normalized spacial score (nSPS) is 10.5. The maximum Gasteiger partial charge on any atom is 0.269 e. The molecule has 0 spiro atoms. The predicted octanol–water partition coefficient (Wildman–Crippen LogP) is 3.68. The van der Waals surface area contributed by atoms with Crippen LogP contribution in [0.3, 0.4) is 0 Å². The Kier molecular flexibility index (Phi) is 3.70. The second-order valence-electron chi connectivity index (χ2n) is 4.78. The van der Waals surface area contributed by atoms with Gasteiger partial charge in [0, 0.05) is 11.8 Å². The van der Waals surface area contributed by atoms with E-state index >= 15 is 0 Å². The summed E-state index contributed by atoms with van der Waals surface area (Å²) in [6, 6.07) is 13.1. The molecule has 1 heterocycles. The van der Waals surface area contributed by atoms with Crippen molar-refractivity contribution >= 4 is 0 Å². The van der Waals surface area contributed by atoms with Crippen LogP contribution in [0, 0.1) is 12.7 Å². The minimum absolute atomic E-state index is 0.194. The van der Waals surface area contributed by atoms with E-state index in [4.69, 9.17) is 4.74 Å². The van der Waals surface area contributed by atoms with Crippen LogP contribution in [0.4, 0.5) is 4.39 Å². The monoisotopic (exact) mass is 296 g/mol. The fraction of sp³-hybridized carbons (Fsp3) is 0.0588. The lowest BCUT2D eigenvalue weighted by atomic mass is 10.1. The topological polar surface area (TPSA) is 55.0 Å². The molecular weight excluding hydrogens is 283 g/mol. The van der Waals surface area contributed by atoms with E-state index in [2.05, 4.69) is 9.97 Å². The molecule has 0 fully saturated rings. The van der Waals surface area contributed by atoms with Crippen molar-refractivity contribution in [1.82, 2.24) is 9.97 Å². The molecule has 0 saturated heterocycles. The maximum absolute atomic E-state index is 12.8. The van der Waals surface area contributed by atoms with Gasteiger partial charge in [-0.15, -0.1) is 0 Å². The van der Waals surface area contributed by atoms with Gasteiger partial charge < -0.3 is 9.72 Å². The summed E-state index contributed by atoms with van der Waals surface area (Å²) >= 11 is 0. The van der Waals surface area contributed by atoms with E-state index in [-0.39, 0.29) is 11.4 Å². The van der Waals surface area contributed by atoms with Gasteiger partial charge >= 0.3 is 0 Å². The molecule has 3 rings (SSSR count). The Labute approximate surface area is 126 Å². The molecule has 0 radical (unpaired) electrons. The van der Waals surface area contributed by atoms with E-state index in [1.54, 1.807) is 37.4 Å². The van der Waals surface area contributed by atoms with Crippen molar-refractivity contribution in [2.24, 2.45) is 0 Å². The lowest BCUT2D eigenvalue weighted by Gasteiger charge is -2.07. The highest BCUT2D eigenvalue weighted by Crippen LogP contribution is 2.24. The van der Waals surface area contributed by atoms with Gasteiger partial charge in [-0.1, -0.05) is 0 Å². The highest BCUT2D eigenvalue weighted by molar-refractivity contribution is 5.59. The van der Waals surface area contributed by atoms with Crippen LogP contribution in [0.2, 0.25) is 0 Å². The molecule has 1 aromatic heterocycles. The van der Waals surface area contributed by atoms with E-state index in [9.17, 15) is 9.18 Å². The van der Waals surface area contributed by atoms with Gasteiger partial charge in [0.25, 0.3) is 5.56 Å². The van der Waals surface area contributed by atoms with Crippen LogP contribution in [0.15, 0.2) is 59.5 Å². The zero-order valence-corrected chi connectivity index (χ0v) is 11.8. The summed E-state index contributed by atoms with van der Waals surface area (Å²) in [5.74, 6) is 0.894. The van der Waals surface area contributed by atoms with Crippen molar-refractivity contribution < 1.29 is 9.13 Å². The van der Waals surface area contributed by atoms with Crippen molar-refractivity contribution in [2.45, 2.75) is 6.92 Å². The zero-order valence-electron chi connectivity index (χ0n) is 11.8. The number of H-pyrrole nitrogens is 1. The highest BCUT2D eigenvalue weighted by Gasteiger charge is 2.03. The molecule has 1 N–H and O–H groups in total. The Bertz CT molecular complexity index is 840. The Morgan fingerprint density at radius 1 is 1.00 bits per heavy atom. The number of nitrogens with one attached hydrogen (secondary N) is 1. The van der Waals surface area contributed by atoms with Crippen molar-refractivity contribution in [2.75, 3.05) is 0 Å². The SMILES string of the molecule is Cc1nc(-c2ccc(Oc3ccc(F)cc3)cc2)c[nH]c1=O. The first-order valence-electron chi connectivity index (χ1n) is 6.72. The molecule has 0 saturated carbocycles. The van der Waals surface area contributed by atoms with E-state index in [1.165, 1.54) is 12.1 Å². The van der Waals surface area contributed by atoms with Gasteiger partial charge in [0.15, 0.2) is 0 Å². The molecule has 22 heavy (non-hydrogen) atoms. The molecule has 3 aromatic rings. The lowest BCUT2D eigenvalue weighted by molar-refractivity contribution is 0.480. The standard InChI is InChI=1S/C17H13FN2O2/c1-11-17(21)19-10-16(20-11)12-2-6-14(7-3-12)22-15-8-4-13(18)5-9-15/h2-10H,1H3,(H,19,21). The van der Waals surface area contributed by atoms with Crippen molar-refractivity contribution in [3.05, 3.63) is 76.6 Å². The molecule has 4 nitrogen and oxygen atoms in total. The lowest BCUT2D eigenvalue weighted by Crippen LogP contribution is -2.11. The minimum Gasteiger partial charge on any atom is -0.457 e. The van der Waals surface area contributed by atoms with Crippen molar-refractivity contribution in [3.8, 4) is 22.8 Å². The summed E-state index contributed by atoms with van der Waals surface area (Å²) in [5, 5.41) is 0. The smallest absolute Gasteiger partial charge is 0.269 e. The van der Waals surface area contributed by atoms with Gasteiger partial charge in [-0.2, -0.15) is 0 Å². The largest absolute Gasteiger partial charge is 0.457 e. The van der Waals surface area contributed by atoms with E-state index in [0.717, 1.165) is 5.56 Å². The molecule has 0 bridgehead atoms. The number of aromatic amines is 1. The molecule has 0 unspecified atom stereocenters. The Balaban J connectivity index is 1.81. The Morgan fingerprint density at radius 3 is 2.18 bits per heavy atom. The Morgan fingerprint density at radius 2 is 1.59 bits per heavy atom. The predicted molar refractivity (Wildman–Crippen MR) is 81.5 cm³/mol. The molecular formula is C17H13FN2O2. The van der Waals surface area contributed by atoms with Gasteiger partial charge in [-0.3, -0.25) is 4.79 Å². The van der Waals surface area contributed by atoms with E-state index in [0.29, 0.717) is 22.9 Å². The van der Waals surface area contributed by atoms with E-state index in [1.807, 2.05) is 12.1 Å². The first-order chi connectivity index (χ1) is 10.6. The molecule has 2 aromatic carbocycles. The molecule has 0 aliphatic rings. The van der Waals surface area contributed by atoms with Crippen LogP contribution >= 0.6 is 0 Å². The summed E-state index contributed by atoms with van der Waals surface area (Å²) in [5.41, 5.74) is 1.78. The fourth-order valence-corrected chi connectivity index (χ4v) is 1.98. The summed E-state index contributed by atoms with van der Waals surface area (Å²) in [7, 11) is 0. The minimum atomic E-state index is -0.304. The molecule has 0 aliphatic heterocycles. The van der Waals surface area contributed by atoms with E-state index < -0.39 is 0 Å². The maximum atomic E-state index is 12.8.